The quantitative estimate of drug-likeness (QED) is 0.875. The van der Waals surface area contributed by atoms with Crippen LogP contribution in [0.2, 0.25) is 0 Å². The molecule has 0 amide bonds. The summed E-state index contributed by atoms with van der Waals surface area (Å²) >= 11 is 0. The highest BCUT2D eigenvalue weighted by Gasteiger charge is 2.21. The molecule has 2 aromatic rings. The molecule has 8 heteroatoms. The number of rotatable bonds is 5. The van der Waals surface area contributed by atoms with Gasteiger partial charge in [-0.2, -0.15) is 4.98 Å². The molecule has 0 spiro atoms. The zero-order chi connectivity index (χ0) is 17.8. The van der Waals surface area contributed by atoms with Gasteiger partial charge in [-0.25, -0.2) is 14.8 Å². The summed E-state index contributed by atoms with van der Waals surface area (Å²) in [6.45, 7) is 7.31. The summed E-state index contributed by atoms with van der Waals surface area (Å²) in [5.41, 5.74) is 0.926. The molecule has 0 bridgehead atoms. The Morgan fingerprint density at radius 1 is 1.16 bits per heavy atom. The first-order chi connectivity index (χ1) is 12.1. The molecule has 8 nitrogen and oxygen atoms in total. The summed E-state index contributed by atoms with van der Waals surface area (Å²) in [4.78, 5) is 28.4. The van der Waals surface area contributed by atoms with Crippen molar-refractivity contribution >= 4 is 17.7 Å². The summed E-state index contributed by atoms with van der Waals surface area (Å²) in [5, 5.41) is 9.08. The molecule has 1 fully saturated rings. The number of carboxylic acid groups (broad SMARTS) is 1. The van der Waals surface area contributed by atoms with Gasteiger partial charge in [-0.15, -0.1) is 0 Å². The van der Waals surface area contributed by atoms with Crippen LogP contribution in [0.5, 0.6) is 5.88 Å². The number of pyridine rings is 1. The number of aromatic carboxylic acids is 1. The molecule has 1 N–H and O–H groups in total. The third-order valence-corrected chi connectivity index (χ3v) is 3.95. The largest absolute Gasteiger partial charge is 0.478 e. The summed E-state index contributed by atoms with van der Waals surface area (Å²) in [6, 6.07) is 6.87. The minimum Gasteiger partial charge on any atom is -0.478 e. The number of hydrogen-bond acceptors (Lipinski definition) is 7. The van der Waals surface area contributed by atoms with Crippen molar-refractivity contribution in [3.8, 4) is 5.88 Å². The van der Waals surface area contributed by atoms with Crippen LogP contribution in [0, 0.1) is 6.92 Å². The first-order valence-corrected chi connectivity index (χ1v) is 8.25. The van der Waals surface area contributed by atoms with Gasteiger partial charge in [0, 0.05) is 37.9 Å². The number of carboxylic acids is 1. The van der Waals surface area contributed by atoms with Gasteiger partial charge in [0.2, 0.25) is 11.8 Å². The lowest BCUT2D eigenvalue weighted by Gasteiger charge is -2.35. The van der Waals surface area contributed by atoms with E-state index in [1.807, 2.05) is 26.0 Å². The normalized spacial score (nSPS) is 14.5. The number of ether oxygens (including phenoxy) is 1. The van der Waals surface area contributed by atoms with E-state index in [1.165, 1.54) is 6.07 Å². The Morgan fingerprint density at radius 2 is 1.88 bits per heavy atom. The molecule has 3 rings (SSSR count). The number of carbonyl (C=O) groups is 1. The Morgan fingerprint density at radius 3 is 2.56 bits per heavy atom. The highest BCUT2D eigenvalue weighted by Crippen LogP contribution is 2.19. The van der Waals surface area contributed by atoms with Crippen molar-refractivity contribution in [2.24, 2.45) is 0 Å². The zero-order valence-corrected chi connectivity index (χ0v) is 14.3. The van der Waals surface area contributed by atoms with Crippen LogP contribution in [0.3, 0.4) is 0 Å². The lowest BCUT2D eigenvalue weighted by atomic mass is 10.3. The van der Waals surface area contributed by atoms with E-state index in [9.17, 15) is 4.79 Å². The number of hydrogen-bond donors (Lipinski definition) is 1. The number of aryl methyl sites for hydroxylation is 1. The van der Waals surface area contributed by atoms with Gasteiger partial charge in [-0.1, -0.05) is 6.07 Å². The van der Waals surface area contributed by atoms with Crippen LogP contribution in [0.1, 0.15) is 23.1 Å². The Labute approximate surface area is 146 Å². The minimum atomic E-state index is -1.02. The molecule has 0 unspecified atom stereocenters. The van der Waals surface area contributed by atoms with E-state index in [2.05, 4.69) is 24.8 Å². The Kier molecular flexibility index (Phi) is 4.97. The predicted molar refractivity (Wildman–Crippen MR) is 93.6 cm³/mol. The SMILES string of the molecule is CCOc1cc(C)nc(N2CCN(c3cccc(C(=O)O)n3)CC2)n1. The molecule has 1 aliphatic heterocycles. The molecule has 1 saturated heterocycles. The van der Waals surface area contributed by atoms with Gasteiger partial charge < -0.3 is 19.6 Å². The molecule has 0 radical (unpaired) electrons. The van der Waals surface area contributed by atoms with Crippen molar-refractivity contribution in [3.05, 3.63) is 35.7 Å². The van der Waals surface area contributed by atoms with Gasteiger partial charge in [0.25, 0.3) is 0 Å². The van der Waals surface area contributed by atoms with E-state index >= 15 is 0 Å². The van der Waals surface area contributed by atoms with Crippen LogP contribution >= 0.6 is 0 Å². The molecule has 0 aliphatic carbocycles. The van der Waals surface area contributed by atoms with Crippen LogP contribution in [-0.4, -0.2) is 58.8 Å². The fourth-order valence-electron chi connectivity index (χ4n) is 2.74. The second-order valence-corrected chi connectivity index (χ2v) is 5.74. The lowest BCUT2D eigenvalue weighted by molar-refractivity contribution is 0.0690. The molecule has 0 atom stereocenters. The number of piperazine rings is 1. The molecule has 0 saturated carbocycles. The van der Waals surface area contributed by atoms with Crippen molar-refractivity contribution in [2.45, 2.75) is 13.8 Å². The maximum absolute atomic E-state index is 11.1. The number of nitrogens with zero attached hydrogens (tertiary/aromatic N) is 5. The van der Waals surface area contributed by atoms with E-state index in [-0.39, 0.29) is 5.69 Å². The first kappa shape index (κ1) is 16.9. The smallest absolute Gasteiger partial charge is 0.354 e. The Hall–Kier alpha value is -2.90. The third kappa shape index (κ3) is 3.96. The topological polar surface area (TPSA) is 91.7 Å². The highest BCUT2D eigenvalue weighted by molar-refractivity contribution is 5.85. The molecule has 132 valence electrons. The predicted octanol–water partition coefficient (Wildman–Crippen LogP) is 1.60. The van der Waals surface area contributed by atoms with Crippen molar-refractivity contribution in [1.29, 1.82) is 0 Å². The summed E-state index contributed by atoms with van der Waals surface area (Å²) < 4.78 is 5.49. The van der Waals surface area contributed by atoms with Gasteiger partial charge in [0.15, 0.2) is 5.69 Å². The van der Waals surface area contributed by atoms with Crippen LogP contribution in [-0.2, 0) is 0 Å². The minimum absolute atomic E-state index is 0.0586. The fraction of sp³-hybridized carbons (Fsp3) is 0.412. The third-order valence-electron chi connectivity index (χ3n) is 3.95. The number of aromatic nitrogens is 3. The van der Waals surface area contributed by atoms with Crippen LogP contribution in [0.25, 0.3) is 0 Å². The molecule has 1 aliphatic rings. The summed E-state index contributed by atoms with van der Waals surface area (Å²) in [6.07, 6.45) is 0. The van der Waals surface area contributed by atoms with Gasteiger partial charge in [0.1, 0.15) is 5.82 Å². The maximum Gasteiger partial charge on any atom is 0.354 e. The summed E-state index contributed by atoms with van der Waals surface area (Å²) in [7, 11) is 0. The van der Waals surface area contributed by atoms with Crippen LogP contribution < -0.4 is 14.5 Å². The van der Waals surface area contributed by atoms with Crippen molar-refractivity contribution in [2.75, 3.05) is 42.6 Å². The van der Waals surface area contributed by atoms with Gasteiger partial charge in [0.05, 0.1) is 6.61 Å². The fourth-order valence-corrected chi connectivity index (χ4v) is 2.74. The van der Waals surface area contributed by atoms with E-state index in [4.69, 9.17) is 9.84 Å². The van der Waals surface area contributed by atoms with E-state index < -0.39 is 5.97 Å². The van der Waals surface area contributed by atoms with E-state index in [1.54, 1.807) is 6.07 Å². The number of anilines is 2. The van der Waals surface area contributed by atoms with E-state index in [0.717, 1.165) is 31.9 Å². The first-order valence-electron chi connectivity index (χ1n) is 8.25. The second-order valence-electron chi connectivity index (χ2n) is 5.74. The average Bonchev–Trinajstić information content (AvgIpc) is 2.62. The van der Waals surface area contributed by atoms with Crippen LogP contribution in [0.4, 0.5) is 11.8 Å². The van der Waals surface area contributed by atoms with Gasteiger partial charge >= 0.3 is 5.97 Å². The van der Waals surface area contributed by atoms with Gasteiger partial charge in [-0.05, 0) is 26.0 Å². The average molecular weight is 343 g/mol. The standard InChI is InChI=1S/C17H21N5O3/c1-3-25-15-11-12(2)18-17(20-15)22-9-7-21(8-10-22)14-6-4-5-13(19-14)16(23)24/h4-6,11H,3,7-10H2,1-2H3,(H,23,24). The zero-order valence-electron chi connectivity index (χ0n) is 14.3. The van der Waals surface area contributed by atoms with Crippen molar-refractivity contribution < 1.29 is 14.6 Å². The summed E-state index contributed by atoms with van der Waals surface area (Å²) in [5.74, 6) is 0.912. The highest BCUT2D eigenvalue weighted by atomic mass is 16.5. The lowest BCUT2D eigenvalue weighted by Crippen LogP contribution is -2.47. The van der Waals surface area contributed by atoms with Crippen molar-refractivity contribution in [1.82, 2.24) is 15.0 Å². The second kappa shape index (κ2) is 7.33. The molecule has 3 heterocycles. The van der Waals surface area contributed by atoms with Gasteiger partial charge in [-0.3, -0.25) is 0 Å². The molecule has 0 aromatic carbocycles. The molecular weight excluding hydrogens is 322 g/mol. The Balaban J connectivity index is 1.70. The van der Waals surface area contributed by atoms with Crippen LogP contribution in [0.15, 0.2) is 24.3 Å². The molecule has 25 heavy (non-hydrogen) atoms. The molecule has 2 aromatic heterocycles. The Bertz CT molecular complexity index is 760. The maximum atomic E-state index is 11.1. The molecular formula is C17H21N5O3. The van der Waals surface area contributed by atoms with E-state index in [0.29, 0.717) is 24.3 Å². The monoisotopic (exact) mass is 343 g/mol. The van der Waals surface area contributed by atoms with Crippen molar-refractivity contribution in [3.63, 3.8) is 0 Å².